The number of aliphatic hydroxyl groups excluding tert-OH is 1. The van der Waals surface area contributed by atoms with Crippen LogP contribution in [0, 0.1) is 17.2 Å². The fourth-order valence-electron chi connectivity index (χ4n) is 3.18. The average Bonchev–Trinajstić information content (AvgIpc) is 3.06. The number of aliphatic hydroxyl groups is 1. The summed E-state index contributed by atoms with van der Waals surface area (Å²) in [6, 6.07) is 9.58. The Balaban J connectivity index is 2.10. The summed E-state index contributed by atoms with van der Waals surface area (Å²) in [5.74, 6) is -1.79. The number of anilines is 2. The maximum Gasteiger partial charge on any atom is 0.335 e. The SMILES string of the molecule is CC(=O)N1c2ccc(C(=O)O)cc2[C@H](Nc2ccc(C#N)s2)[C@@H](C)[C@@H]1O. The summed E-state index contributed by atoms with van der Waals surface area (Å²) in [5.41, 5.74) is 1.19. The highest BCUT2D eigenvalue weighted by atomic mass is 32.1. The molecule has 0 saturated heterocycles. The van der Waals surface area contributed by atoms with Crippen LogP contribution >= 0.6 is 11.3 Å². The molecule has 3 rings (SSSR count). The molecule has 0 spiro atoms. The number of rotatable bonds is 3. The third kappa shape index (κ3) is 3.03. The van der Waals surface area contributed by atoms with E-state index in [1.165, 1.54) is 35.3 Å². The van der Waals surface area contributed by atoms with Crippen LogP contribution in [0.25, 0.3) is 0 Å². The van der Waals surface area contributed by atoms with Gasteiger partial charge < -0.3 is 15.5 Å². The number of benzene rings is 1. The fraction of sp³-hybridized carbons (Fsp3) is 0.278. The lowest BCUT2D eigenvalue weighted by Crippen LogP contribution is -2.50. The van der Waals surface area contributed by atoms with Gasteiger partial charge in [-0.1, -0.05) is 6.92 Å². The molecule has 7 nitrogen and oxygen atoms in total. The van der Waals surface area contributed by atoms with E-state index in [2.05, 4.69) is 11.4 Å². The normalized spacial score (nSPS) is 21.6. The number of hydrogen-bond donors (Lipinski definition) is 3. The minimum absolute atomic E-state index is 0.103. The lowest BCUT2D eigenvalue weighted by Gasteiger charge is -2.42. The largest absolute Gasteiger partial charge is 0.478 e. The van der Waals surface area contributed by atoms with Crippen LogP contribution in [0.1, 0.15) is 40.7 Å². The van der Waals surface area contributed by atoms with Crippen molar-refractivity contribution in [3.05, 3.63) is 46.3 Å². The summed E-state index contributed by atoms with van der Waals surface area (Å²) >= 11 is 1.27. The highest BCUT2D eigenvalue weighted by molar-refractivity contribution is 7.16. The van der Waals surface area contributed by atoms with E-state index < -0.39 is 24.2 Å². The molecule has 8 heteroatoms. The van der Waals surface area contributed by atoms with E-state index in [9.17, 15) is 19.8 Å². The molecule has 0 fully saturated rings. The van der Waals surface area contributed by atoms with Crippen LogP contribution in [0.2, 0.25) is 0 Å². The Morgan fingerprint density at radius 2 is 2.04 bits per heavy atom. The Morgan fingerprint density at radius 3 is 2.62 bits per heavy atom. The van der Waals surface area contributed by atoms with Gasteiger partial charge in [-0.05, 0) is 35.9 Å². The van der Waals surface area contributed by atoms with E-state index in [1.54, 1.807) is 25.1 Å². The number of carbonyl (C=O) groups excluding carboxylic acids is 1. The minimum atomic E-state index is -1.07. The average molecular weight is 371 g/mol. The number of amides is 1. The molecule has 1 aromatic heterocycles. The molecule has 0 bridgehead atoms. The van der Waals surface area contributed by atoms with E-state index >= 15 is 0 Å². The van der Waals surface area contributed by atoms with Gasteiger partial charge in [0.05, 0.1) is 22.3 Å². The van der Waals surface area contributed by atoms with E-state index in [-0.39, 0.29) is 11.5 Å². The number of nitriles is 1. The number of aromatic carboxylic acids is 1. The topological polar surface area (TPSA) is 114 Å². The summed E-state index contributed by atoms with van der Waals surface area (Å²) in [6.07, 6.45) is -1.05. The number of carboxylic acids is 1. The predicted molar refractivity (Wildman–Crippen MR) is 97.1 cm³/mol. The number of hydrogen-bond acceptors (Lipinski definition) is 6. The first-order chi connectivity index (χ1) is 12.3. The van der Waals surface area contributed by atoms with E-state index in [0.29, 0.717) is 16.1 Å². The molecule has 134 valence electrons. The number of carboxylic acid groups (broad SMARTS) is 1. The van der Waals surface area contributed by atoms with Gasteiger partial charge in [0, 0.05) is 12.8 Å². The highest BCUT2D eigenvalue weighted by Crippen LogP contribution is 2.43. The van der Waals surface area contributed by atoms with Crippen molar-refractivity contribution >= 4 is 33.9 Å². The van der Waals surface area contributed by atoms with Gasteiger partial charge in [0.1, 0.15) is 17.2 Å². The van der Waals surface area contributed by atoms with E-state index in [1.807, 2.05) is 0 Å². The van der Waals surface area contributed by atoms with Crippen LogP contribution in [0.5, 0.6) is 0 Å². The first-order valence-electron chi connectivity index (χ1n) is 7.95. The van der Waals surface area contributed by atoms with Crippen molar-refractivity contribution in [2.75, 3.05) is 10.2 Å². The second-order valence-corrected chi connectivity index (χ2v) is 7.22. The number of nitrogens with one attached hydrogen (secondary N) is 1. The van der Waals surface area contributed by atoms with Crippen molar-refractivity contribution in [2.24, 2.45) is 5.92 Å². The summed E-state index contributed by atoms with van der Waals surface area (Å²) in [6.45, 7) is 3.14. The van der Waals surface area contributed by atoms with Crippen molar-refractivity contribution in [2.45, 2.75) is 26.1 Å². The monoisotopic (exact) mass is 371 g/mol. The second-order valence-electron chi connectivity index (χ2n) is 6.14. The predicted octanol–water partition coefficient (Wildman–Crippen LogP) is 2.79. The van der Waals surface area contributed by atoms with E-state index in [0.717, 1.165) is 5.00 Å². The molecule has 0 saturated carbocycles. The van der Waals surface area contributed by atoms with Gasteiger partial charge in [0.25, 0.3) is 0 Å². The van der Waals surface area contributed by atoms with Crippen LogP contribution < -0.4 is 10.2 Å². The molecular formula is C18H17N3O4S. The van der Waals surface area contributed by atoms with Crippen molar-refractivity contribution in [3.63, 3.8) is 0 Å². The summed E-state index contributed by atoms with van der Waals surface area (Å²) in [4.78, 5) is 25.2. The number of thiophene rings is 1. The zero-order chi connectivity index (χ0) is 19.0. The smallest absolute Gasteiger partial charge is 0.335 e. The summed E-state index contributed by atoms with van der Waals surface area (Å²) in [5, 5.41) is 32.9. The summed E-state index contributed by atoms with van der Waals surface area (Å²) < 4.78 is 0. The molecule has 0 aliphatic carbocycles. The Morgan fingerprint density at radius 1 is 1.31 bits per heavy atom. The zero-order valence-corrected chi connectivity index (χ0v) is 14.9. The lowest BCUT2D eigenvalue weighted by atomic mass is 9.85. The third-order valence-electron chi connectivity index (χ3n) is 4.48. The van der Waals surface area contributed by atoms with Gasteiger partial charge in [0.15, 0.2) is 0 Å². The molecular weight excluding hydrogens is 354 g/mol. The Kier molecular flexibility index (Phi) is 4.68. The molecule has 0 radical (unpaired) electrons. The zero-order valence-electron chi connectivity index (χ0n) is 14.1. The number of fused-ring (bicyclic) bond motifs is 1. The quantitative estimate of drug-likeness (QED) is 0.764. The maximum atomic E-state index is 12.0. The van der Waals surface area contributed by atoms with Gasteiger partial charge in [-0.3, -0.25) is 9.69 Å². The lowest BCUT2D eigenvalue weighted by molar-refractivity contribution is -0.119. The molecule has 1 aliphatic heterocycles. The Bertz CT molecular complexity index is 917. The molecule has 2 aromatic rings. The Hall–Kier alpha value is -2.89. The van der Waals surface area contributed by atoms with Crippen molar-refractivity contribution in [1.82, 2.24) is 0 Å². The van der Waals surface area contributed by atoms with Gasteiger partial charge in [-0.15, -0.1) is 11.3 Å². The molecule has 1 aromatic carbocycles. The van der Waals surface area contributed by atoms with Crippen LogP contribution in [0.4, 0.5) is 10.7 Å². The minimum Gasteiger partial charge on any atom is -0.478 e. The molecule has 26 heavy (non-hydrogen) atoms. The molecule has 3 N–H and O–H groups in total. The molecule has 0 unspecified atom stereocenters. The van der Waals surface area contributed by atoms with Crippen molar-refractivity contribution in [3.8, 4) is 6.07 Å². The standard InChI is InChI=1S/C18H17N3O4S/c1-9-16(20-15-6-4-12(8-19)26-15)13-7-11(18(24)25)3-5-14(13)21(10(2)22)17(9)23/h3-7,9,16-17,20,23H,1-2H3,(H,24,25)/t9-,16-,17+/m1/s1. The molecule has 2 heterocycles. The molecule has 1 aliphatic rings. The second kappa shape index (κ2) is 6.78. The maximum absolute atomic E-state index is 12.0. The third-order valence-corrected chi connectivity index (χ3v) is 5.40. The summed E-state index contributed by atoms with van der Waals surface area (Å²) in [7, 11) is 0. The van der Waals surface area contributed by atoms with Gasteiger partial charge in [-0.2, -0.15) is 5.26 Å². The first kappa shape index (κ1) is 17.9. The fourth-order valence-corrected chi connectivity index (χ4v) is 3.92. The highest BCUT2D eigenvalue weighted by Gasteiger charge is 2.40. The number of nitrogens with zero attached hydrogens (tertiary/aromatic N) is 2. The van der Waals surface area contributed by atoms with Gasteiger partial charge >= 0.3 is 5.97 Å². The van der Waals surface area contributed by atoms with Crippen molar-refractivity contribution < 1.29 is 19.8 Å². The van der Waals surface area contributed by atoms with Crippen LogP contribution in [0.15, 0.2) is 30.3 Å². The first-order valence-corrected chi connectivity index (χ1v) is 8.76. The van der Waals surface area contributed by atoms with Crippen molar-refractivity contribution in [1.29, 1.82) is 5.26 Å². The van der Waals surface area contributed by atoms with Gasteiger partial charge in [-0.25, -0.2) is 4.79 Å². The van der Waals surface area contributed by atoms with Crippen LogP contribution in [-0.4, -0.2) is 28.3 Å². The molecule has 3 atom stereocenters. The number of carbonyl (C=O) groups is 2. The molecule has 1 amide bonds. The van der Waals surface area contributed by atoms with E-state index in [4.69, 9.17) is 5.26 Å². The van der Waals surface area contributed by atoms with Gasteiger partial charge in [0.2, 0.25) is 5.91 Å². The van der Waals surface area contributed by atoms with Crippen LogP contribution in [-0.2, 0) is 4.79 Å². The van der Waals surface area contributed by atoms with Crippen LogP contribution in [0.3, 0.4) is 0 Å². The Labute approximate surface area is 154 Å².